The third-order valence-corrected chi connectivity index (χ3v) is 6.37. The number of hydrogen-bond donors (Lipinski definition) is 1. The average molecular weight is 530 g/mol. The molecule has 0 bridgehead atoms. The first-order chi connectivity index (χ1) is 16.7. The molecule has 1 N–H and O–H groups in total. The second-order valence-electron chi connectivity index (χ2n) is 8.43. The summed E-state index contributed by atoms with van der Waals surface area (Å²) in [7, 11) is -3.30. The van der Waals surface area contributed by atoms with E-state index < -0.39 is 33.4 Å². The molecular weight excluding hydrogens is 498 g/mol. The maximum Gasteiger partial charge on any atom is 0.416 e. The Morgan fingerprint density at radius 2 is 1.69 bits per heavy atom. The van der Waals surface area contributed by atoms with Crippen LogP contribution in [0.15, 0.2) is 59.1 Å². The number of aliphatic carboxylic acids is 1. The zero-order valence-corrected chi connectivity index (χ0v) is 21.3. The third kappa shape index (κ3) is 9.53. The summed E-state index contributed by atoms with van der Waals surface area (Å²) in [4.78, 5) is 11.1. The van der Waals surface area contributed by atoms with Crippen molar-refractivity contribution in [2.24, 2.45) is 0 Å². The van der Waals surface area contributed by atoms with Crippen LogP contribution in [0.1, 0.15) is 56.7 Å². The molecular formula is C26H31F4NO4S. The van der Waals surface area contributed by atoms with Crippen molar-refractivity contribution in [3.05, 3.63) is 70.2 Å². The van der Waals surface area contributed by atoms with E-state index in [1.54, 1.807) is 0 Å². The van der Waals surface area contributed by atoms with E-state index in [9.17, 15) is 26.0 Å². The zero-order chi connectivity index (χ0) is 27.7. The molecule has 1 heterocycles. The minimum Gasteiger partial charge on any atom is -0.481 e. The molecule has 1 aliphatic carbocycles. The summed E-state index contributed by atoms with van der Waals surface area (Å²) in [5.41, 5.74) is 3.07. The van der Waals surface area contributed by atoms with Gasteiger partial charge >= 0.3 is 6.18 Å². The molecule has 3 rings (SSSR count). The fraction of sp³-hybridized carbons (Fsp3) is 0.423. The van der Waals surface area contributed by atoms with Gasteiger partial charge in [0.15, 0.2) is 9.84 Å². The maximum absolute atomic E-state index is 14.3. The molecule has 0 unspecified atom stereocenters. The van der Waals surface area contributed by atoms with Crippen LogP contribution in [-0.4, -0.2) is 42.9 Å². The van der Waals surface area contributed by atoms with Gasteiger partial charge in [-0.25, -0.2) is 12.8 Å². The van der Waals surface area contributed by atoms with Crippen LogP contribution in [0.2, 0.25) is 0 Å². The van der Waals surface area contributed by atoms with Crippen molar-refractivity contribution in [2.75, 3.05) is 18.6 Å². The molecule has 0 amide bonds. The van der Waals surface area contributed by atoms with Gasteiger partial charge in [0.25, 0.3) is 5.97 Å². The lowest BCUT2D eigenvalue weighted by molar-refractivity contribution is -0.137. The molecule has 0 saturated carbocycles. The van der Waals surface area contributed by atoms with Crippen LogP contribution in [0.4, 0.5) is 17.6 Å². The van der Waals surface area contributed by atoms with Gasteiger partial charge in [0.05, 0.1) is 17.4 Å². The molecule has 198 valence electrons. The van der Waals surface area contributed by atoms with Crippen LogP contribution >= 0.6 is 0 Å². The Balaban J connectivity index is 0.000000982. The van der Waals surface area contributed by atoms with E-state index in [2.05, 4.69) is 17.7 Å². The Labute approximate surface area is 210 Å². The normalized spacial score (nSPS) is 18.0. The predicted octanol–water partition coefficient (Wildman–Crippen LogP) is 6.07. The highest BCUT2D eigenvalue weighted by atomic mass is 32.2. The van der Waals surface area contributed by atoms with E-state index in [4.69, 9.17) is 9.90 Å². The number of carboxylic acid groups (broad SMARTS) is 1. The van der Waals surface area contributed by atoms with Crippen molar-refractivity contribution < 1.29 is 35.9 Å². The molecule has 1 aromatic rings. The average Bonchev–Trinajstić information content (AvgIpc) is 3.16. The minimum absolute atomic E-state index is 0.163. The summed E-state index contributed by atoms with van der Waals surface area (Å²) >= 11 is 0. The predicted molar refractivity (Wildman–Crippen MR) is 132 cm³/mol. The van der Waals surface area contributed by atoms with Crippen LogP contribution in [0.5, 0.6) is 0 Å². The first kappa shape index (κ1) is 31.0. The van der Waals surface area contributed by atoms with Gasteiger partial charge in [0.1, 0.15) is 5.83 Å². The van der Waals surface area contributed by atoms with Gasteiger partial charge in [-0.05, 0) is 73.6 Å². The molecule has 0 fully saturated rings. The zero-order valence-electron chi connectivity index (χ0n) is 20.5. The highest BCUT2D eigenvalue weighted by molar-refractivity contribution is 7.90. The second-order valence-corrected chi connectivity index (χ2v) is 10.6. The lowest BCUT2D eigenvalue weighted by Crippen LogP contribution is -2.24. The lowest BCUT2D eigenvalue weighted by Gasteiger charge is -2.31. The second kappa shape index (κ2) is 13.3. The number of halogens is 4. The van der Waals surface area contributed by atoms with Gasteiger partial charge in [-0.15, -0.1) is 12.8 Å². The highest BCUT2D eigenvalue weighted by Crippen LogP contribution is 2.43. The molecule has 36 heavy (non-hydrogen) atoms. The van der Waals surface area contributed by atoms with E-state index in [-0.39, 0.29) is 11.8 Å². The van der Waals surface area contributed by atoms with Crippen molar-refractivity contribution in [1.82, 2.24) is 4.90 Å². The van der Waals surface area contributed by atoms with Crippen molar-refractivity contribution >= 4 is 15.8 Å². The standard InChI is InChI=1S/C22H25F4NO2S.C2H4O2.C2H2/c1-15(16-7-9-18(10-8-16)22(24,25)26)27-14-17(20-5-3-4-6-21(20)27)13-19(23)11-12-30(2,28)29;1-2(3)4;1-2/h7-11,13,15H,3-6,12,14H2,1-2H3;1H3,(H,3,4);1-2H/b17-13+,19-11+;;/t15-;;/m0../s1. The summed E-state index contributed by atoms with van der Waals surface area (Å²) in [6.07, 6.45) is 10.8. The molecule has 5 nitrogen and oxygen atoms in total. The first-order valence-corrected chi connectivity index (χ1v) is 13.2. The van der Waals surface area contributed by atoms with Crippen molar-refractivity contribution in [1.29, 1.82) is 0 Å². The summed E-state index contributed by atoms with van der Waals surface area (Å²) in [6, 6.07) is 4.99. The Bertz CT molecular complexity index is 1130. The Morgan fingerprint density at radius 3 is 2.19 bits per heavy atom. The molecule has 1 aromatic carbocycles. The summed E-state index contributed by atoms with van der Waals surface area (Å²) < 4.78 is 75.4. The van der Waals surface area contributed by atoms with Gasteiger partial charge in [0.2, 0.25) is 0 Å². The number of sulfone groups is 1. The molecule has 10 heteroatoms. The number of benzene rings is 1. The monoisotopic (exact) mass is 529 g/mol. The molecule has 1 aliphatic heterocycles. The Morgan fingerprint density at radius 1 is 1.17 bits per heavy atom. The fourth-order valence-corrected chi connectivity index (χ4v) is 4.48. The number of nitrogens with zero attached hydrogens (tertiary/aromatic N) is 1. The Hall–Kier alpha value is -3.06. The molecule has 0 spiro atoms. The Kier molecular flexibility index (Phi) is 11.4. The van der Waals surface area contributed by atoms with Gasteiger partial charge in [-0.2, -0.15) is 13.2 Å². The van der Waals surface area contributed by atoms with E-state index in [1.165, 1.54) is 18.2 Å². The van der Waals surface area contributed by atoms with E-state index in [0.29, 0.717) is 6.54 Å². The van der Waals surface area contributed by atoms with E-state index in [0.717, 1.165) is 79.5 Å². The molecule has 0 saturated heterocycles. The lowest BCUT2D eigenvalue weighted by atomic mass is 9.93. The first-order valence-electron chi connectivity index (χ1n) is 11.1. The van der Waals surface area contributed by atoms with Crippen molar-refractivity contribution in [3.63, 3.8) is 0 Å². The number of carboxylic acids is 1. The van der Waals surface area contributed by atoms with Crippen LogP contribution < -0.4 is 0 Å². The summed E-state index contributed by atoms with van der Waals surface area (Å²) in [5, 5.41) is 7.42. The van der Waals surface area contributed by atoms with E-state index in [1.807, 2.05) is 6.92 Å². The van der Waals surface area contributed by atoms with Crippen molar-refractivity contribution in [2.45, 2.75) is 51.7 Å². The maximum atomic E-state index is 14.3. The smallest absolute Gasteiger partial charge is 0.416 e. The number of hydrogen-bond acceptors (Lipinski definition) is 4. The molecule has 0 aromatic heterocycles. The van der Waals surface area contributed by atoms with Crippen LogP contribution in [-0.2, 0) is 20.8 Å². The van der Waals surface area contributed by atoms with Gasteiger partial charge in [0, 0.05) is 25.4 Å². The van der Waals surface area contributed by atoms with Gasteiger partial charge in [-0.1, -0.05) is 12.1 Å². The number of allylic oxidation sites excluding steroid dienone is 3. The third-order valence-electron chi connectivity index (χ3n) is 5.59. The van der Waals surface area contributed by atoms with Crippen molar-refractivity contribution in [3.8, 4) is 12.8 Å². The SMILES string of the molecule is C#C.CC(=O)O.C[C@@H](c1ccc(C(F)(F)F)cc1)N1C/C(=C\C(F)=C/CS(C)(=O)=O)C2=C1CCCC2. The molecule has 1 atom stereocenters. The summed E-state index contributed by atoms with van der Waals surface area (Å²) in [5.74, 6) is -1.78. The van der Waals surface area contributed by atoms with Crippen LogP contribution in [0, 0.1) is 12.8 Å². The van der Waals surface area contributed by atoms with Gasteiger partial charge < -0.3 is 10.0 Å². The summed E-state index contributed by atoms with van der Waals surface area (Å²) in [6.45, 7) is 3.47. The highest BCUT2D eigenvalue weighted by Gasteiger charge is 2.33. The van der Waals surface area contributed by atoms with Crippen LogP contribution in [0.25, 0.3) is 0 Å². The number of terminal acetylenes is 1. The quantitative estimate of drug-likeness (QED) is 0.370. The molecule has 0 radical (unpaired) electrons. The number of rotatable bonds is 5. The largest absolute Gasteiger partial charge is 0.481 e. The number of carbonyl (C=O) groups is 1. The topological polar surface area (TPSA) is 74.7 Å². The molecule has 2 aliphatic rings. The van der Waals surface area contributed by atoms with E-state index >= 15 is 0 Å². The fourth-order valence-electron chi connectivity index (χ4n) is 4.02. The minimum atomic E-state index is -4.37. The van der Waals surface area contributed by atoms with Crippen LogP contribution in [0.3, 0.4) is 0 Å². The van der Waals surface area contributed by atoms with Gasteiger partial charge in [-0.3, -0.25) is 4.79 Å². The number of alkyl halides is 3.